The molecule has 22 heavy (non-hydrogen) atoms. The lowest BCUT2D eigenvalue weighted by molar-refractivity contribution is -0.121. The van der Waals surface area contributed by atoms with Gasteiger partial charge in [0.25, 0.3) is 0 Å². The minimum absolute atomic E-state index is 0.00851. The molecule has 1 aliphatic carbocycles. The summed E-state index contributed by atoms with van der Waals surface area (Å²) in [4.78, 5) is 12.0. The Bertz CT molecular complexity index is 632. The SMILES string of the molecule is NCC(NC(=O)CCNS(=O)(=O)c1cccc(Br)c1)C1CC1. The molecule has 1 aromatic rings. The van der Waals surface area contributed by atoms with Crippen LogP contribution in [0, 0.1) is 5.92 Å². The molecule has 0 spiro atoms. The van der Waals surface area contributed by atoms with Crippen molar-refractivity contribution >= 4 is 31.9 Å². The molecule has 1 saturated carbocycles. The molecular formula is C14H20BrN3O3S. The van der Waals surface area contributed by atoms with Gasteiger partial charge in [-0.15, -0.1) is 0 Å². The third-order valence-corrected chi connectivity index (χ3v) is 5.49. The summed E-state index contributed by atoms with van der Waals surface area (Å²) >= 11 is 3.23. The van der Waals surface area contributed by atoms with E-state index in [4.69, 9.17) is 5.73 Å². The summed E-state index contributed by atoms with van der Waals surface area (Å²) in [6.45, 7) is 0.475. The van der Waals surface area contributed by atoms with Crippen LogP contribution in [0.2, 0.25) is 0 Å². The van der Waals surface area contributed by atoms with Gasteiger partial charge < -0.3 is 11.1 Å². The van der Waals surface area contributed by atoms with E-state index >= 15 is 0 Å². The van der Waals surface area contributed by atoms with Crippen LogP contribution in [0.3, 0.4) is 0 Å². The number of carbonyl (C=O) groups is 1. The van der Waals surface area contributed by atoms with Crippen molar-refractivity contribution in [3.63, 3.8) is 0 Å². The van der Waals surface area contributed by atoms with Crippen LogP contribution in [0.25, 0.3) is 0 Å². The molecule has 0 aromatic heterocycles. The molecule has 4 N–H and O–H groups in total. The number of amides is 1. The standard InChI is InChI=1S/C14H20BrN3O3S/c15-11-2-1-3-12(8-11)22(20,21)17-7-6-14(19)18-13(9-16)10-4-5-10/h1-3,8,10,13,17H,4-7,9,16H2,(H,18,19). The minimum atomic E-state index is -3.60. The van der Waals surface area contributed by atoms with E-state index in [0.717, 1.165) is 12.8 Å². The fourth-order valence-corrected chi connectivity index (χ4v) is 3.79. The molecule has 0 saturated heterocycles. The van der Waals surface area contributed by atoms with Gasteiger partial charge in [0.1, 0.15) is 0 Å². The Morgan fingerprint density at radius 3 is 2.73 bits per heavy atom. The Hall–Kier alpha value is -0.960. The Morgan fingerprint density at radius 1 is 1.41 bits per heavy atom. The van der Waals surface area contributed by atoms with Crippen LogP contribution in [0.4, 0.5) is 0 Å². The van der Waals surface area contributed by atoms with Crippen LogP contribution >= 0.6 is 15.9 Å². The first-order valence-electron chi connectivity index (χ1n) is 7.17. The predicted molar refractivity (Wildman–Crippen MR) is 87.7 cm³/mol. The van der Waals surface area contributed by atoms with Gasteiger partial charge in [-0.2, -0.15) is 0 Å². The van der Waals surface area contributed by atoms with Crippen molar-refractivity contribution in [2.45, 2.75) is 30.2 Å². The number of hydrogen-bond acceptors (Lipinski definition) is 4. The van der Waals surface area contributed by atoms with Crippen molar-refractivity contribution in [1.82, 2.24) is 10.0 Å². The summed E-state index contributed by atoms with van der Waals surface area (Å²) in [5, 5.41) is 2.86. The number of rotatable bonds is 8. The lowest BCUT2D eigenvalue weighted by Crippen LogP contribution is -2.42. The number of sulfonamides is 1. The van der Waals surface area contributed by atoms with Crippen molar-refractivity contribution in [1.29, 1.82) is 0 Å². The van der Waals surface area contributed by atoms with Gasteiger partial charge in [0.15, 0.2) is 0 Å². The molecule has 1 unspecified atom stereocenters. The molecular weight excluding hydrogens is 370 g/mol. The highest BCUT2D eigenvalue weighted by molar-refractivity contribution is 9.10. The quantitative estimate of drug-likeness (QED) is 0.616. The third kappa shape index (κ3) is 5.05. The molecule has 1 aromatic carbocycles. The van der Waals surface area contributed by atoms with E-state index in [1.54, 1.807) is 12.1 Å². The Balaban J connectivity index is 1.81. The number of hydrogen-bond donors (Lipinski definition) is 3. The predicted octanol–water partition coefficient (Wildman–Crippen LogP) is 0.971. The Kier molecular flexibility index (Phi) is 5.96. The Labute approximate surface area is 139 Å². The first-order valence-corrected chi connectivity index (χ1v) is 9.44. The number of nitrogens with two attached hydrogens (primary N) is 1. The van der Waals surface area contributed by atoms with E-state index in [0.29, 0.717) is 16.9 Å². The normalized spacial score (nSPS) is 16.3. The summed E-state index contributed by atoms with van der Waals surface area (Å²) in [6, 6.07) is 6.42. The summed E-state index contributed by atoms with van der Waals surface area (Å²) in [6.07, 6.45) is 2.28. The molecule has 1 atom stereocenters. The summed E-state index contributed by atoms with van der Waals surface area (Å²) < 4.78 is 27.3. The van der Waals surface area contributed by atoms with Crippen LogP contribution in [0.5, 0.6) is 0 Å². The van der Waals surface area contributed by atoms with Gasteiger partial charge in [0.2, 0.25) is 15.9 Å². The van der Waals surface area contributed by atoms with E-state index in [2.05, 4.69) is 26.0 Å². The van der Waals surface area contributed by atoms with E-state index in [9.17, 15) is 13.2 Å². The van der Waals surface area contributed by atoms with Gasteiger partial charge in [-0.25, -0.2) is 13.1 Å². The van der Waals surface area contributed by atoms with Crippen molar-refractivity contribution in [3.05, 3.63) is 28.7 Å². The van der Waals surface area contributed by atoms with Gasteiger partial charge in [0, 0.05) is 30.0 Å². The van der Waals surface area contributed by atoms with Crippen LogP contribution in [-0.2, 0) is 14.8 Å². The van der Waals surface area contributed by atoms with E-state index < -0.39 is 10.0 Å². The van der Waals surface area contributed by atoms with Crippen LogP contribution in [0.1, 0.15) is 19.3 Å². The topological polar surface area (TPSA) is 101 Å². The monoisotopic (exact) mass is 389 g/mol. The highest BCUT2D eigenvalue weighted by Gasteiger charge is 2.31. The maximum atomic E-state index is 12.1. The Morgan fingerprint density at radius 2 is 2.14 bits per heavy atom. The largest absolute Gasteiger partial charge is 0.352 e. The number of halogens is 1. The molecule has 1 aliphatic rings. The zero-order valence-corrected chi connectivity index (χ0v) is 14.5. The summed E-state index contributed by atoms with van der Waals surface area (Å²) in [5.41, 5.74) is 5.62. The van der Waals surface area contributed by atoms with Crippen molar-refractivity contribution in [2.24, 2.45) is 11.7 Å². The fourth-order valence-electron chi connectivity index (χ4n) is 2.16. The molecule has 0 aliphatic heterocycles. The van der Waals surface area contributed by atoms with E-state index in [-0.39, 0.29) is 29.8 Å². The summed E-state index contributed by atoms with van der Waals surface area (Å²) in [7, 11) is -3.60. The highest BCUT2D eigenvalue weighted by Crippen LogP contribution is 2.32. The van der Waals surface area contributed by atoms with Gasteiger partial charge in [-0.05, 0) is 37.0 Å². The fraction of sp³-hybridized carbons (Fsp3) is 0.500. The smallest absolute Gasteiger partial charge is 0.240 e. The average Bonchev–Trinajstić information content (AvgIpc) is 3.29. The van der Waals surface area contributed by atoms with Crippen molar-refractivity contribution in [2.75, 3.05) is 13.1 Å². The van der Waals surface area contributed by atoms with Crippen LogP contribution < -0.4 is 15.8 Å². The second kappa shape index (κ2) is 7.54. The number of nitrogens with one attached hydrogen (secondary N) is 2. The zero-order chi connectivity index (χ0) is 16.2. The molecule has 1 amide bonds. The molecule has 2 rings (SSSR count). The van der Waals surface area contributed by atoms with Gasteiger partial charge in [0.05, 0.1) is 4.90 Å². The van der Waals surface area contributed by atoms with Gasteiger partial charge >= 0.3 is 0 Å². The average molecular weight is 390 g/mol. The number of benzene rings is 1. The molecule has 1 fully saturated rings. The lowest BCUT2D eigenvalue weighted by atomic mass is 10.2. The minimum Gasteiger partial charge on any atom is -0.352 e. The second-order valence-electron chi connectivity index (χ2n) is 5.35. The third-order valence-electron chi connectivity index (χ3n) is 3.54. The highest BCUT2D eigenvalue weighted by atomic mass is 79.9. The van der Waals surface area contributed by atoms with Crippen LogP contribution in [-0.4, -0.2) is 33.5 Å². The molecule has 0 bridgehead atoms. The van der Waals surface area contributed by atoms with Gasteiger partial charge in [-0.3, -0.25) is 4.79 Å². The van der Waals surface area contributed by atoms with E-state index in [1.165, 1.54) is 12.1 Å². The lowest BCUT2D eigenvalue weighted by Gasteiger charge is -2.16. The molecule has 6 nitrogen and oxygen atoms in total. The molecule has 122 valence electrons. The number of carbonyl (C=O) groups excluding carboxylic acids is 1. The van der Waals surface area contributed by atoms with Gasteiger partial charge in [-0.1, -0.05) is 22.0 Å². The molecule has 0 heterocycles. The first-order chi connectivity index (χ1) is 10.4. The molecule has 0 radical (unpaired) electrons. The van der Waals surface area contributed by atoms with Crippen molar-refractivity contribution in [3.8, 4) is 0 Å². The zero-order valence-electron chi connectivity index (χ0n) is 12.1. The maximum Gasteiger partial charge on any atom is 0.240 e. The van der Waals surface area contributed by atoms with E-state index in [1.807, 2.05) is 0 Å². The first kappa shape index (κ1) is 17.4. The second-order valence-corrected chi connectivity index (χ2v) is 8.03. The summed E-state index contributed by atoms with van der Waals surface area (Å²) in [5.74, 6) is 0.298. The van der Waals surface area contributed by atoms with Crippen molar-refractivity contribution < 1.29 is 13.2 Å². The van der Waals surface area contributed by atoms with Crippen LogP contribution in [0.15, 0.2) is 33.6 Å². The maximum absolute atomic E-state index is 12.1. The molecule has 8 heteroatoms.